The van der Waals surface area contributed by atoms with Gasteiger partial charge in [-0.05, 0) is 12.1 Å². The third-order valence-corrected chi connectivity index (χ3v) is 2.58. The third-order valence-electron chi connectivity index (χ3n) is 2.58. The van der Waals surface area contributed by atoms with Crippen molar-refractivity contribution in [1.82, 2.24) is 0 Å². The summed E-state index contributed by atoms with van der Waals surface area (Å²) in [7, 11) is 6.32. The van der Waals surface area contributed by atoms with Crippen LogP contribution >= 0.6 is 0 Å². The molecule has 1 unspecified atom stereocenters. The predicted molar refractivity (Wildman–Crippen MR) is 64.9 cm³/mol. The van der Waals surface area contributed by atoms with Crippen LogP contribution in [0.25, 0.3) is 0 Å². The van der Waals surface area contributed by atoms with Gasteiger partial charge in [0.1, 0.15) is 0 Å². The molecular formula is C12H19NO4. The lowest BCUT2D eigenvalue weighted by Gasteiger charge is -2.20. The summed E-state index contributed by atoms with van der Waals surface area (Å²) in [5.74, 6) is 1.74. The molecule has 96 valence electrons. The molecule has 0 aliphatic rings. The second-order valence-electron chi connectivity index (χ2n) is 3.38. The first-order valence-electron chi connectivity index (χ1n) is 5.25. The lowest BCUT2D eigenvalue weighted by Crippen LogP contribution is -2.15. The van der Waals surface area contributed by atoms with E-state index >= 15 is 0 Å². The molecule has 0 saturated heterocycles. The number of hydrogen-bond donors (Lipinski definition) is 1. The van der Waals surface area contributed by atoms with Gasteiger partial charge in [0.25, 0.3) is 0 Å². The highest BCUT2D eigenvalue weighted by Crippen LogP contribution is 2.42. The SMILES string of the molecule is COc1ccc(C(CN)OC)c(OC)c1OC. The van der Waals surface area contributed by atoms with Gasteiger partial charge in [-0.3, -0.25) is 0 Å². The van der Waals surface area contributed by atoms with Crippen LogP contribution in [0, 0.1) is 0 Å². The highest BCUT2D eigenvalue weighted by atomic mass is 16.5. The molecule has 0 spiro atoms. The van der Waals surface area contributed by atoms with Gasteiger partial charge in [0.15, 0.2) is 11.5 Å². The van der Waals surface area contributed by atoms with Crippen LogP contribution in [0.3, 0.4) is 0 Å². The van der Waals surface area contributed by atoms with Gasteiger partial charge in [-0.2, -0.15) is 0 Å². The first kappa shape index (κ1) is 13.6. The molecule has 2 N–H and O–H groups in total. The maximum Gasteiger partial charge on any atom is 0.203 e. The summed E-state index contributed by atoms with van der Waals surface area (Å²) < 4.78 is 21.1. The normalized spacial score (nSPS) is 12.1. The molecule has 0 heterocycles. The largest absolute Gasteiger partial charge is 0.493 e. The molecule has 0 fully saturated rings. The molecule has 1 aromatic carbocycles. The molecular weight excluding hydrogens is 222 g/mol. The van der Waals surface area contributed by atoms with E-state index in [0.29, 0.717) is 23.8 Å². The first-order valence-corrected chi connectivity index (χ1v) is 5.25. The van der Waals surface area contributed by atoms with Crippen molar-refractivity contribution in [2.24, 2.45) is 5.73 Å². The average molecular weight is 241 g/mol. The fourth-order valence-corrected chi connectivity index (χ4v) is 1.73. The molecule has 0 radical (unpaired) electrons. The standard InChI is InChI=1S/C12H19NO4/c1-14-9-6-5-8(10(7-13)15-2)11(16-3)12(9)17-4/h5-6,10H,7,13H2,1-4H3. The molecule has 5 heteroatoms. The predicted octanol–water partition coefficient (Wildman–Crippen LogP) is 1.36. The summed E-state index contributed by atoms with van der Waals surface area (Å²) >= 11 is 0. The summed E-state index contributed by atoms with van der Waals surface area (Å²) in [6.07, 6.45) is -0.232. The highest BCUT2D eigenvalue weighted by molar-refractivity contribution is 5.56. The van der Waals surface area contributed by atoms with Crippen LogP contribution < -0.4 is 19.9 Å². The van der Waals surface area contributed by atoms with Crippen molar-refractivity contribution in [3.63, 3.8) is 0 Å². The number of methoxy groups -OCH3 is 4. The van der Waals surface area contributed by atoms with Gasteiger partial charge in [0.2, 0.25) is 5.75 Å². The summed E-state index contributed by atoms with van der Waals surface area (Å²) in [6, 6.07) is 3.67. The molecule has 1 rings (SSSR count). The van der Waals surface area contributed by atoms with E-state index in [1.807, 2.05) is 6.07 Å². The number of rotatable bonds is 6. The van der Waals surface area contributed by atoms with Crippen LogP contribution in [-0.2, 0) is 4.74 Å². The Balaban J connectivity index is 3.31. The zero-order valence-electron chi connectivity index (χ0n) is 10.6. The maximum atomic E-state index is 5.65. The maximum absolute atomic E-state index is 5.65. The Morgan fingerprint density at radius 2 is 1.65 bits per heavy atom. The van der Waals surface area contributed by atoms with Crippen molar-refractivity contribution in [2.75, 3.05) is 35.0 Å². The quantitative estimate of drug-likeness (QED) is 0.814. The van der Waals surface area contributed by atoms with Crippen LogP contribution in [-0.4, -0.2) is 35.0 Å². The van der Waals surface area contributed by atoms with Crippen molar-refractivity contribution < 1.29 is 18.9 Å². The van der Waals surface area contributed by atoms with Gasteiger partial charge in [-0.25, -0.2) is 0 Å². The van der Waals surface area contributed by atoms with E-state index in [1.165, 1.54) is 0 Å². The zero-order valence-corrected chi connectivity index (χ0v) is 10.6. The minimum atomic E-state index is -0.232. The van der Waals surface area contributed by atoms with Crippen LogP contribution in [0.15, 0.2) is 12.1 Å². The topological polar surface area (TPSA) is 62.9 Å². The van der Waals surface area contributed by atoms with E-state index in [9.17, 15) is 0 Å². The van der Waals surface area contributed by atoms with Gasteiger partial charge in [0.05, 0.1) is 27.4 Å². The van der Waals surface area contributed by atoms with Gasteiger partial charge in [-0.1, -0.05) is 0 Å². The molecule has 17 heavy (non-hydrogen) atoms. The lowest BCUT2D eigenvalue weighted by atomic mass is 10.1. The number of benzene rings is 1. The molecule has 1 atom stereocenters. The second-order valence-corrected chi connectivity index (χ2v) is 3.38. The van der Waals surface area contributed by atoms with Gasteiger partial charge in [0, 0.05) is 19.2 Å². The summed E-state index contributed by atoms with van der Waals surface area (Å²) in [4.78, 5) is 0. The first-order chi connectivity index (χ1) is 8.23. The number of hydrogen-bond acceptors (Lipinski definition) is 5. The van der Waals surface area contributed by atoms with Crippen molar-refractivity contribution >= 4 is 0 Å². The summed E-state index contributed by atoms with van der Waals surface area (Å²) in [5.41, 5.74) is 6.49. The van der Waals surface area contributed by atoms with Crippen molar-refractivity contribution in [3.8, 4) is 17.2 Å². The third kappa shape index (κ3) is 2.62. The second kappa shape index (κ2) is 6.32. The van der Waals surface area contributed by atoms with E-state index in [2.05, 4.69) is 0 Å². The van der Waals surface area contributed by atoms with Crippen LogP contribution in [0.4, 0.5) is 0 Å². The minimum Gasteiger partial charge on any atom is -0.493 e. The number of ether oxygens (including phenoxy) is 4. The summed E-state index contributed by atoms with van der Waals surface area (Å²) in [5, 5.41) is 0. The fourth-order valence-electron chi connectivity index (χ4n) is 1.73. The molecule has 1 aromatic rings. The van der Waals surface area contributed by atoms with Crippen molar-refractivity contribution in [3.05, 3.63) is 17.7 Å². The average Bonchev–Trinajstić information content (AvgIpc) is 2.39. The van der Waals surface area contributed by atoms with Crippen LogP contribution in [0.5, 0.6) is 17.2 Å². The van der Waals surface area contributed by atoms with Gasteiger partial charge >= 0.3 is 0 Å². The Bertz CT molecular complexity index is 364. The summed E-state index contributed by atoms with van der Waals surface area (Å²) in [6.45, 7) is 0.363. The van der Waals surface area contributed by atoms with Crippen molar-refractivity contribution in [1.29, 1.82) is 0 Å². The lowest BCUT2D eigenvalue weighted by molar-refractivity contribution is 0.107. The molecule has 0 bridgehead atoms. The molecule has 0 aliphatic carbocycles. The zero-order chi connectivity index (χ0) is 12.8. The Morgan fingerprint density at radius 1 is 1.00 bits per heavy atom. The van der Waals surface area contributed by atoms with E-state index in [1.54, 1.807) is 34.5 Å². The Hall–Kier alpha value is -1.46. The molecule has 0 aromatic heterocycles. The number of nitrogens with two attached hydrogens (primary N) is 1. The Labute approximate surface area is 101 Å². The smallest absolute Gasteiger partial charge is 0.203 e. The van der Waals surface area contributed by atoms with E-state index in [4.69, 9.17) is 24.7 Å². The van der Waals surface area contributed by atoms with Gasteiger partial charge in [-0.15, -0.1) is 0 Å². The van der Waals surface area contributed by atoms with Gasteiger partial charge < -0.3 is 24.7 Å². The van der Waals surface area contributed by atoms with Crippen LogP contribution in [0.2, 0.25) is 0 Å². The molecule has 0 saturated carbocycles. The minimum absolute atomic E-state index is 0.232. The monoisotopic (exact) mass is 241 g/mol. The van der Waals surface area contributed by atoms with E-state index < -0.39 is 0 Å². The van der Waals surface area contributed by atoms with E-state index in [-0.39, 0.29) is 6.10 Å². The Kier molecular flexibility index (Phi) is 5.06. The molecule has 0 aliphatic heterocycles. The van der Waals surface area contributed by atoms with Crippen LogP contribution in [0.1, 0.15) is 11.7 Å². The highest BCUT2D eigenvalue weighted by Gasteiger charge is 2.21. The van der Waals surface area contributed by atoms with Crippen molar-refractivity contribution in [2.45, 2.75) is 6.10 Å². The Morgan fingerprint density at radius 3 is 2.06 bits per heavy atom. The molecule has 5 nitrogen and oxygen atoms in total. The molecule has 0 amide bonds. The fraction of sp³-hybridized carbons (Fsp3) is 0.500. The van der Waals surface area contributed by atoms with E-state index in [0.717, 1.165) is 5.56 Å².